The highest BCUT2D eigenvalue weighted by atomic mass is 35.5. The van der Waals surface area contributed by atoms with Crippen molar-refractivity contribution < 1.29 is 4.39 Å². The van der Waals surface area contributed by atoms with Gasteiger partial charge in [0.05, 0.1) is 13.8 Å². The molecule has 0 bridgehead atoms. The zero-order valence-electron chi connectivity index (χ0n) is 6.44. The Morgan fingerprint density at radius 3 is 2.64 bits per heavy atom. The van der Waals surface area contributed by atoms with Gasteiger partial charge in [-0.2, -0.15) is 4.39 Å². The molecule has 0 fully saturated rings. The molecule has 1 heterocycles. The van der Waals surface area contributed by atoms with E-state index >= 15 is 0 Å². The second-order valence-corrected chi connectivity index (χ2v) is 5.97. The Morgan fingerprint density at radius 2 is 2.18 bits per heavy atom. The fraction of sp³-hybridized carbons (Fsp3) is 0.286. The molecule has 0 saturated carbocycles. The highest BCUT2D eigenvalue weighted by molar-refractivity contribution is 6.73. The molecule has 0 saturated heterocycles. The van der Waals surface area contributed by atoms with Crippen LogP contribution in [0.1, 0.15) is 0 Å². The molecule has 0 radical (unpaired) electrons. The van der Waals surface area contributed by atoms with Gasteiger partial charge in [-0.05, 0) is 11.3 Å². The van der Waals surface area contributed by atoms with Crippen LogP contribution in [0.15, 0.2) is 12.3 Å². The minimum absolute atomic E-state index is 0.203. The number of nitrogens with zero attached hydrogens (tertiary/aromatic N) is 1. The number of hydrogen-bond acceptors (Lipinski definition) is 1. The van der Waals surface area contributed by atoms with Crippen LogP contribution in [0, 0.1) is 5.95 Å². The van der Waals surface area contributed by atoms with E-state index in [-0.39, 0.29) is 5.02 Å². The summed E-state index contributed by atoms with van der Waals surface area (Å²) in [7, 11) is -1.01. The van der Waals surface area contributed by atoms with Gasteiger partial charge < -0.3 is 0 Å². The lowest BCUT2D eigenvalue weighted by atomic mass is 10.5. The Morgan fingerprint density at radius 1 is 1.55 bits per heavy atom. The molecule has 0 N–H and O–H groups in total. The Labute approximate surface area is 71.8 Å². The van der Waals surface area contributed by atoms with Gasteiger partial charge in [0.2, 0.25) is 5.95 Å². The van der Waals surface area contributed by atoms with E-state index in [2.05, 4.69) is 18.1 Å². The fourth-order valence-electron chi connectivity index (χ4n) is 0.878. The summed E-state index contributed by atoms with van der Waals surface area (Å²) in [4.78, 5) is 3.45. The molecule has 0 spiro atoms. The van der Waals surface area contributed by atoms with E-state index < -0.39 is 14.7 Å². The van der Waals surface area contributed by atoms with Crippen molar-refractivity contribution in [3.63, 3.8) is 0 Å². The van der Waals surface area contributed by atoms with Crippen molar-refractivity contribution in [1.82, 2.24) is 4.98 Å². The van der Waals surface area contributed by atoms with E-state index in [4.69, 9.17) is 11.6 Å². The van der Waals surface area contributed by atoms with E-state index in [1.54, 1.807) is 6.07 Å². The molecule has 11 heavy (non-hydrogen) atoms. The van der Waals surface area contributed by atoms with Crippen molar-refractivity contribution >= 4 is 25.6 Å². The monoisotopic (exact) mass is 189 g/mol. The average molecular weight is 190 g/mol. The van der Waals surface area contributed by atoms with E-state index in [1.807, 2.05) is 0 Å². The Bertz CT molecular complexity index is 265. The fourth-order valence-corrected chi connectivity index (χ4v) is 2.74. The normalized spacial score (nSPS) is 10.6. The number of hydrogen-bond donors (Lipinski definition) is 0. The topological polar surface area (TPSA) is 12.9 Å². The van der Waals surface area contributed by atoms with E-state index in [9.17, 15) is 4.39 Å². The van der Waals surface area contributed by atoms with Crippen LogP contribution in [0.4, 0.5) is 4.39 Å². The molecular formula is C7H9ClFNSi. The maximum Gasteiger partial charge on any atom is 0.231 e. The molecule has 1 aromatic heterocycles. The SMILES string of the molecule is C[SiH](C)c1ccnc(F)c1Cl. The maximum absolute atomic E-state index is 12.7. The molecule has 0 aliphatic heterocycles. The van der Waals surface area contributed by atoms with Crippen LogP contribution in [0.3, 0.4) is 0 Å². The summed E-state index contributed by atoms with van der Waals surface area (Å²) in [5.74, 6) is -0.551. The highest BCUT2D eigenvalue weighted by Crippen LogP contribution is 2.08. The third-order valence-corrected chi connectivity index (χ3v) is 3.78. The molecule has 60 valence electrons. The van der Waals surface area contributed by atoms with Crippen molar-refractivity contribution in [2.75, 3.05) is 0 Å². The number of halogens is 2. The van der Waals surface area contributed by atoms with Gasteiger partial charge in [-0.3, -0.25) is 0 Å². The molecule has 4 heteroatoms. The summed E-state index contributed by atoms with van der Waals surface area (Å²) >= 11 is 5.69. The third-order valence-electron chi connectivity index (χ3n) is 1.50. The summed E-state index contributed by atoms with van der Waals surface area (Å²) in [5, 5.41) is 1.15. The van der Waals surface area contributed by atoms with Gasteiger partial charge in [0, 0.05) is 6.20 Å². The van der Waals surface area contributed by atoms with Gasteiger partial charge in [-0.25, -0.2) is 4.98 Å². The lowest BCUT2D eigenvalue weighted by Crippen LogP contribution is -2.24. The molecule has 1 nitrogen and oxygen atoms in total. The van der Waals surface area contributed by atoms with Crippen LogP contribution in [0.25, 0.3) is 0 Å². The Balaban J connectivity index is 3.17. The maximum atomic E-state index is 12.7. The first kappa shape index (κ1) is 8.68. The van der Waals surface area contributed by atoms with Crippen molar-refractivity contribution in [1.29, 1.82) is 0 Å². The summed E-state index contributed by atoms with van der Waals surface area (Å²) in [6.45, 7) is 4.20. The van der Waals surface area contributed by atoms with Crippen LogP contribution in [-0.4, -0.2) is 13.8 Å². The predicted molar refractivity (Wildman–Crippen MR) is 47.7 cm³/mol. The van der Waals surface area contributed by atoms with Gasteiger partial charge in [0.25, 0.3) is 0 Å². The van der Waals surface area contributed by atoms with Crippen LogP contribution in [0.2, 0.25) is 18.1 Å². The number of aromatic nitrogens is 1. The number of pyridine rings is 1. The quantitative estimate of drug-likeness (QED) is 0.483. The first-order valence-corrected chi connectivity index (χ1v) is 6.69. The first-order chi connectivity index (χ1) is 5.13. The molecular weight excluding hydrogens is 181 g/mol. The minimum atomic E-state index is -1.01. The van der Waals surface area contributed by atoms with Crippen LogP contribution >= 0.6 is 11.6 Å². The minimum Gasteiger partial charge on any atom is -0.227 e. The van der Waals surface area contributed by atoms with E-state index in [0.717, 1.165) is 5.19 Å². The highest BCUT2D eigenvalue weighted by Gasteiger charge is 2.09. The molecule has 0 aliphatic carbocycles. The molecule has 0 amide bonds. The van der Waals surface area contributed by atoms with Crippen molar-refractivity contribution in [3.05, 3.63) is 23.2 Å². The molecule has 0 unspecified atom stereocenters. The standard InChI is InChI=1S/C7H9ClFNSi/c1-11(2)5-3-4-10-7(9)6(5)8/h3-4,11H,1-2H3. The van der Waals surface area contributed by atoms with Gasteiger partial charge >= 0.3 is 0 Å². The molecule has 0 atom stereocenters. The third kappa shape index (κ3) is 1.78. The van der Waals surface area contributed by atoms with E-state index in [1.165, 1.54) is 6.20 Å². The van der Waals surface area contributed by atoms with Crippen molar-refractivity contribution in [3.8, 4) is 0 Å². The summed E-state index contributed by atoms with van der Waals surface area (Å²) in [6.07, 6.45) is 1.46. The molecule has 1 aromatic rings. The summed E-state index contributed by atoms with van der Waals surface area (Å²) < 4.78 is 12.7. The zero-order chi connectivity index (χ0) is 8.43. The zero-order valence-corrected chi connectivity index (χ0v) is 8.35. The lowest BCUT2D eigenvalue weighted by molar-refractivity contribution is 0.585. The lowest BCUT2D eigenvalue weighted by Gasteiger charge is -2.05. The van der Waals surface area contributed by atoms with Crippen LogP contribution < -0.4 is 5.19 Å². The van der Waals surface area contributed by atoms with Gasteiger partial charge in [0.15, 0.2) is 0 Å². The molecule has 1 rings (SSSR count). The Kier molecular flexibility index (Phi) is 2.62. The molecule has 0 aliphatic rings. The molecule has 0 aromatic carbocycles. The predicted octanol–water partition coefficient (Wildman–Crippen LogP) is 1.57. The first-order valence-electron chi connectivity index (χ1n) is 3.43. The average Bonchev–Trinajstić information content (AvgIpc) is 1.94. The van der Waals surface area contributed by atoms with Gasteiger partial charge in [-0.15, -0.1) is 0 Å². The van der Waals surface area contributed by atoms with Crippen LogP contribution in [-0.2, 0) is 0 Å². The second kappa shape index (κ2) is 3.32. The van der Waals surface area contributed by atoms with E-state index in [0.29, 0.717) is 0 Å². The van der Waals surface area contributed by atoms with Gasteiger partial charge in [0.1, 0.15) is 0 Å². The number of rotatable bonds is 1. The smallest absolute Gasteiger partial charge is 0.227 e. The van der Waals surface area contributed by atoms with Gasteiger partial charge in [-0.1, -0.05) is 24.7 Å². The van der Waals surface area contributed by atoms with Crippen LogP contribution in [0.5, 0.6) is 0 Å². The van der Waals surface area contributed by atoms with Crippen molar-refractivity contribution in [2.24, 2.45) is 0 Å². The summed E-state index contributed by atoms with van der Waals surface area (Å²) in [5.41, 5.74) is 0. The second-order valence-electron chi connectivity index (χ2n) is 2.66. The largest absolute Gasteiger partial charge is 0.231 e. The van der Waals surface area contributed by atoms with Crippen molar-refractivity contribution in [2.45, 2.75) is 13.1 Å². The Hall–Kier alpha value is -0.413. The summed E-state index contributed by atoms with van der Waals surface area (Å²) in [6, 6.07) is 1.79.